The maximum Gasteiger partial charge on any atom is 0.198 e. The molecule has 0 amide bonds. The van der Waals surface area contributed by atoms with Gasteiger partial charge in [0.05, 0.1) is 12.6 Å². The number of aromatic nitrogens is 1. The standard InChI is InChI=1S/C26H26N2O2/c1-19-24(17-28(2)16-20-9-5-3-6-10-20)26(29)23-15-22(13-14-25(23)27-19)30-18-21-11-7-4-8-12-21/h3-15H,16-18H2,1-2H3,(H,27,29)/p+1. The first-order valence-electron chi connectivity index (χ1n) is 10.3. The maximum atomic E-state index is 13.3. The molecule has 1 unspecified atom stereocenters. The van der Waals surface area contributed by atoms with Crippen molar-refractivity contribution in [1.82, 2.24) is 4.98 Å². The highest BCUT2D eigenvalue weighted by Gasteiger charge is 2.15. The van der Waals surface area contributed by atoms with Crippen molar-refractivity contribution in [2.24, 2.45) is 0 Å². The van der Waals surface area contributed by atoms with Gasteiger partial charge in [0.1, 0.15) is 25.4 Å². The normalized spacial score (nSPS) is 12.1. The van der Waals surface area contributed by atoms with Crippen LogP contribution in [0.3, 0.4) is 0 Å². The van der Waals surface area contributed by atoms with E-state index in [0.29, 0.717) is 24.3 Å². The third-order valence-corrected chi connectivity index (χ3v) is 5.36. The fraction of sp³-hybridized carbons (Fsp3) is 0.192. The quantitative estimate of drug-likeness (QED) is 0.499. The minimum Gasteiger partial charge on any atom is -0.489 e. The summed E-state index contributed by atoms with van der Waals surface area (Å²) in [5.41, 5.74) is 5.05. The number of rotatable bonds is 7. The SMILES string of the molecule is Cc1[nH]c2ccc(OCc3ccccc3)cc2c(=O)c1C[NH+](C)Cc1ccccc1. The number of pyridine rings is 1. The third kappa shape index (κ3) is 4.61. The van der Waals surface area contributed by atoms with Gasteiger partial charge in [0.2, 0.25) is 0 Å². The van der Waals surface area contributed by atoms with Gasteiger partial charge in [-0.25, -0.2) is 0 Å². The maximum absolute atomic E-state index is 13.3. The number of benzene rings is 3. The number of ether oxygens (including phenoxy) is 1. The van der Waals surface area contributed by atoms with Crippen molar-refractivity contribution >= 4 is 10.9 Å². The molecule has 152 valence electrons. The third-order valence-electron chi connectivity index (χ3n) is 5.36. The van der Waals surface area contributed by atoms with Gasteiger partial charge in [-0.15, -0.1) is 0 Å². The van der Waals surface area contributed by atoms with Crippen molar-refractivity contribution in [2.75, 3.05) is 7.05 Å². The molecule has 0 aliphatic carbocycles. The first-order chi connectivity index (χ1) is 14.6. The van der Waals surface area contributed by atoms with Crippen molar-refractivity contribution < 1.29 is 9.64 Å². The van der Waals surface area contributed by atoms with Crippen molar-refractivity contribution in [1.29, 1.82) is 0 Å². The molecule has 1 heterocycles. The minimum absolute atomic E-state index is 0.0822. The highest BCUT2D eigenvalue weighted by Crippen LogP contribution is 2.19. The monoisotopic (exact) mass is 399 g/mol. The topological polar surface area (TPSA) is 46.5 Å². The molecule has 1 aromatic heterocycles. The number of aromatic amines is 1. The lowest BCUT2D eigenvalue weighted by molar-refractivity contribution is -0.907. The molecular formula is C26H27N2O2+. The molecule has 0 aliphatic heterocycles. The summed E-state index contributed by atoms with van der Waals surface area (Å²) >= 11 is 0. The van der Waals surface area contributed by atoms with Gasteiger partial charge in [-0.05, 0) is 30.7 Å². The highest BCUT2D eigenvalue weighted by molar-refractivity contribution is 5.81. The van der Waals surface area contributed by atoms with Gasteiger partial charge >= 0.3 is 0 Å². The number of fused-ring (bicyclic) bond motifs is 1. The molecule has 0 bridgehead atoms. The highest BCUT2D eigenvalue weighted by atomic mass is 16.5. The first kappa shape index (κ1) is 19.9. The number of aryl methyl sites for hydroxylation is 1. The van der Waals surface area contributed by atoms with Crippen LogP contribution in [0, 0.1) is 6.92 Å². The van der Waals surface area contributed by atoms with E-state index in [1.807, 2.05) is 73.7 Å². The summed E-state index contributed by atoms with van der Waals surface area (Å²) in [6, 6.07) is 26.1. The van der Waals surface area contributed by atoms with Crippen molar-refractivity contribution in [3.8, 4) is 5.75 Å². The number of hydrogen-bond donors (Lipinski definition) is 2. The van der Waals surface area contributed by atoms with Crippen LogP contribution in [-0.4, -0.2) is 12.0 Å². The first-order valence-corrected chi connectivity index (χ1v) is 10.3. The molecule has 0 radical (unpaired) electrons. The van der Waals surface area contributed by atoms with Crippen molar-refractivity contribution in [3.63, 3.8) is 0 Å². The fourth-order valence-electron chi connectivity index (χ4n) is 3.78. The lowest BCUT2D eigenvalue weighted by atomic mass is 10.1. The Balaban J connectivity index is 1.56. The van der Waals surface area contributed by atoms with E-state index in [2.05, 4.69) is 24.2 Å². The molecule has 4 nitrogen and oxygen atoms in total. The molecule has 3 aromatic carbocycles. The number of quaternary nitrogens is 1. The molecule has 0 saturated heterocycles. The van der Waals surface area contributed by atoms with E-state index in [1.54, 1.807) is 0 Å². The van der Waals surface area contributed by atoms with Crippen LogP contribution >= 0.6 is 0 Å². The van der Waals surface area contributed by atoms with Gasteiger partial charge in [-0.2, -0.15) is 0 Å². The second-order valence-corrected chi connectivity index (χ2v) is 7.84. The van der Waals surface area contributed by atoms with E-state index in [1.165, 1.54) is 10.5 Å². The van der Waals surface area contributed by atoms with Crippen molar-refractivity contribution in [2.45, 2.75) is 26.6 Å². The van der Waals surface area contributed by atoms with E-state index in [9.17, 15) is 4.79 Å². The number of H-pyrrole nitrogens is 1. The predicted molar refractivity (Wildman–Crippen MR) is 121 cm³/mol. The molecule has 30 heavy (non-hydrogen) atoms. The van der Waals surface area contributed by atoms with Gasteiger partial charge in [0.25, 0.3) is 0 Å². The second-order valence-electron chi connectivity index (χ2n) is 7.84. The van der Waals surface area contributed by atoms with E-state index < -0.39 is 0 Å². The van der Waals surface area contributed by atoms with Gasteiger partial charge in [0.15, 0.2) is 5.43 Å². The summed E-state index contributed by atoms with van der Waals surface area (Å²) in [6.07, 6.45) is 0. The van der Waals surface area contributed by atoms with Crippen LogP contribution in [0.4, 0.5) is 0 Å². The van der Waals surface area contributed by atoms with Crippen LogP contribution in [0.1, 0.15) is 22.4 Å². The zero-order valence-corrected chi connectivity index (χ0v) is 17.4. The second kappa shape index (κ2) is 8.97. The van der Waals surface area contributed by atoms with Gasteiger partial charge < -0.3 is 14.6 Å². The van der Waals surface area contributed by atoms with Crippen LogP contribution in [0.15, 0.2) is 83.7 Å². The van der Waals surface area contributed by atoms with Crippen LogP contribution in [0.5, 0.6) is 5.75 Å². The Kier molecular flexibility index (Phi) is 5.96. The summed E-state index contributed by atoms with van der Waals surface area (Å²) in [4.78, 5) is 17.9. The molecule has 0 spiro atoms. The average Bonchev–Trinajstić information content (AvgIpc) is 2.77. The van der Waals surface area contributed by atoms with Crippen LogP contribution in [-0.2, 0) is 19.7 Å². The Morgan fingerprint density at radius 3 is 2.23 bits per heavy atom. The summed E-state index contributed by atoms with van der Waals surface area (Å²) in [5.74, 6) is 0.705. The van der Waals surface area contributed by atoms with Crippen LogP contribution < -0.4 is 15.1 Å². The summed E-state index contributed by atoms with van der Waals surface area (Å²) in [6.45, 7) is 4.00. The van der Waals surface area contributed by atoms with Gasteiger partial charge in [0, 0.05) is 22.2 Å². The molecule has 0 aliphatic rings. The fourth-order valence-corrected chi connectivity index (χ4v) is 3.78. The zero-order chi connectivity index (χ0) is 20.9. The number of nitrogens with one attached hydrogen (secondary N) is 2. The van der Waals surface area contributed by atoms with Gasteiger partial charge in [-0.1, -0.05) is 60.7 Å². The zero-order valence-electron chi connectivity index (χ0n) is 17.4. The Labute approximate surface area is 176 Å². The molecule has 0 fully saturated rings. The smallest absolute Gasteiger partial charge is 0.198 e. The summed E-state index contributed by atoms with van der Waals surface area (Å²) < 4.78 is 5.93. The van der Waals surface area contributed by atoms with Gasteiger partial charge in [-0.3, -0.25) is 4.79 Å². The van der Waals surface area contributed by atoms with E-state index in [0.717, 1.165) is 28.9 Å². The minimum atomic E-state index is 0.0822. The molecule has 2 N–H and O–H groups in total. The molecule has 1 atom stereocenters. The summed E-state index contributed by atoms with van der Waals surface area (Å²) in [7, 11) is 2.12. The Morgan fingerprint density at radius 2 is 1.53 bits per heavy atom. The Morgan fingerprint density at radius 1 is 0.867 bits per heavy atom. The average molecular weight is 400 g/mol. The van der Waals surface area contributed by atoms with Crippen LogP contribution in [0.2, 0.25) is 0 Å². The van der Waals surface area contributed by atoms with Crippen molar-refractivity contribution in [3.05, 3.63) is 111 Å². The van der Waals surface area contributed by atoms with E-state index in [-0.39, 0.29) is 5.43 Å². The Hall–Kier alpha value is -3.37. The molecule has 0 saturated carbocycles. The van der Waals surface area contributed by atoms with E-state index >= 15 is 0 Å². The van der Waals surface area contributed by atoms with E-state index in [4.69, 9.17) is 4.74 Å². The van der Waals surface area contributed by atoms with Crippen LogP contribution in [0.25, 0.3) is 10.9 Å². The molecule has 4 heteroatoms. The molecular weight excluding hydrogens is 372 g/mol. The summed E-state index contributed by atoms with van der Waals surface area (Å²) in [5, 5.41) is 0.675. The molecule has 4 aromatic rings. The predicted octanol–water partition coefficient (Wildman–Crippen LogP) is 3.63. The Bertz CT molecular complexity index is 1180. The lowest BCUT2D eigenvalue weighted by Gasteiger charge is -2.16. The largest absolute Gasteiger partial charge is 0.489 e. The number of hydrogen-bond acceptors (Lipinski definition) is 2. The lowest BCUT2D eigenvalue weighted by Crippen LogP contribution is -3.06. The molecule has 4 rings (SSSR count).